The van der Waals surface area contributed by atoms with Gasteiger partial charge in [-0.25, -0.2) is 4.79 Å². The van der Waals surface area contributed by atoms with Crippen molar-refractivity contribution in [3.05, 3.63) is 77.8 Å². The van der Waals surface area contributed by atoms with Crippen molar-refractivity contribution in [3.8, 4) is 11.3 Å². The monoisotopic (exact) mass is 407 g/mol. The zero-order valence-electron chi connectivity index (χ0n) is 15.9. The maximum Gasteiger partial charge on any atom is 0.335 e. The fourth-order valence-corrected chi connectivity index (χ4v) is 4.00. The number of benzene rings is 1. The van der Waals surface area contributed by atoms with Gasteiger partial charge in [0.1, 0.15) is 17.6 Å². The molecule has 1 aliphatic rings. The van der Waals surface area contributed by atoms with Crippen LogP contribution in [0, 0.1) is 0 Å². The minimum atomic E-state index is -0.965. The third-order valence-corrected chi connectivity index (χ3v) is 5.33. The number of hydrogen-bond acceptors (Lipinski definition) is 4. The van der Waals surface area contributed by atoms with Gasteiger partial charge in [0.2, 0.25) is 0 Å². The van der Waals surface area contributed by atoms with E-state index in [1.54, 1.807) is 24.4 Å². The van der Waals surface area contributed by atoms with Gasteiger partial charge in [-0.15, -0.1) is 0 Å². The zero-order chi connectivity index (χ0) is 20.4. The summed E-state index contributed by atoms with van der Waals surface area (Å²) in [5.74, 6) is 0.419. The normalized spacial score (nSPS) is 18.7. The van der Waals surface area contributed by atoms with Gasteiger partial charge < -0.3 is 19.7 Å². The summed E-state index contributed by atoms with van der Waals surface area (Å²) in [5.41, 5.74) is 1.84. The molecule has 7 heteroatoms. The van der Waals surface area contributed by atoms with Crippen LogP contribution < -0.4 is 5.32 Å². The molecule has 1 aromatic carbocycles. The van der Waals surface area contributed by atoms with Gasteiger partial charge in [0, 0.05) is 18.3 Å². The number of rotatable bonds is 6. The number of pyridine rings is 1. The Labute approximate surface area is 174 Å². The Morgan fingerprint density at radius 2 is 2.10 bits per heavy atom. The van der Waals surface area contributed by atoms with Gasteiger partial charge in [-0.3, -0.25) is 4.98 Å². The number of furan rings is 1. The molecule has 0 bridgehead atoms. The predicted octanol–water partition coefficient (Wildman–Crippen LogP) is 4.42. The first-order chi connectivity index (χ1) is 14.1. The van der Waals surface area contributed by atoms with Gasteiger partial charge in [0.25, 0.3) is 0 Å². The second kappa shape index (κ2) is 8.05. The Bertz CT molecular complexity index is 1030. The number of carboxylic acid groups (broad SMARTS) is 1. The van der Waals surface area contributed by atoms with Crippen LogP contribution in [-0.4, -0.2) is 32.6 Å². The molecular weight excluding hydrogens is 386 g/mol. The lowest BCUT2D eigenvalue weighted by atomic mass is 10.0. The Morgan fingerprint density at radius 1 is 1.24 bits per heavy atom. The van der Waals surface area contributed by atoms with Crippen molar-refractivity contribution < 1.29 is 14.3 Å². The molecule has 6 nitrogen and oxygen atoms in total. The van der Waals surface area contributed by atoms with E-state index in [2.05, 4.69) is 22.1 Å². The number of nitrogens with zero attached hydrogens (tertiary/aromatic N) is 2. The highest BCUT2D eigenvalue weighted by Crippen LogP contribution is 2.40. The van der Waals surface area contributed by atoms with Crippen molar-refractivity contribution in [2.75, 3.05) is 6.54 Å². The smallest absolute Gasteiger partial charge is 0.335 e. The maximum atomic E-state index is 11.3. The topological polar surface area (TPSA) is 78.6 Å². The van der Waals surface area contributed by atoms with Crippen molar-refractivity contribution in [2.45, 2.75) is 25.4 Å². The fraction of sp³-hybridized carbons (Fsp3) is 0.227. The van der Waals surface area contributed by atoms with Crippen LogP contribution in [0.2, 0.25) is 0 Å². The number of nitrogens with one attached hydrogen (secondary N) is 1. The molecule has 2 aromatic heterocycles. The molecule has 2 atom stereocenters. The molecule has 0 unspecified atom stereocenters. The van der Waals surface area contributed by atoms with Crippen molar-refractivity contribution in [1.29, 1.82) is 0 Å². The summed E-state index contributed by atoms with van der Waals surface area (Å²) in [5, 5.41) is 13.3. The highest BCUT2D eigenvalue weighted by atomic mass is 32.1. The number of aromatic carboxylic acids is 1. The molecule has 3 aromatic rings. The quantitative estimate of drug-likeness (QED) is 0.586. The van der Waals surface area contributed by atoms with Crippen LogP contribution in [-0.2, 0) is 0 Å². The van der Waals surface area contributed by atoms with Crippen LogP contribution in [0.25, 0.3) is 11.3 Å². The van der Waals surface area contributed by atoms with Gasteiger partial charge >= 0.3 is 5.97 Å². The first-order valence-electron chi connectivity index (χ1n) is 9.50. The molecule has 2 N–H and O–H groups in total. The molecule has 1 aliphatic heterocycles. The number of carbonyl (C=O) groups is 1. The summed E-state index contributed by atoms with van der Waals surface area (Å²) < 4.78 is 6.20. The largest absolute Gasteiger partial charge is 0.478 e. The Hall–Kier alpha value is -3.19. The molecule has 29 heavy (non-hydrogen) atoms. The fourth-order valence-electron chi connectivity index (χ4n) is 3.67. The molecular formula is C22H21N3O3S. The highest BCUT2D eigenvalue weighted by molar-refractivity contribution is 7.80. The molecule has 0 amide bonds. The van der Waals surface area contributed by atoms with Gasteiger partial charge in [-0.05, 0) is 55.0 Å². The van der Waals surface area contributed by atoms with Crippen molar-refractivity contribution >= 4 is 23.3 Å². The number of thiocarbonyl (C=S) groups is 1. The highest BCUT2D eigenvalue weighted by Gasteiger charge is 2.41. The molecule has 3 heterocycles. The Morgan fingerprint density at radius 3 is 2.83 bits per heavy atom. The zero-order valence-corrected chi connectivity index (χ0v) is 16.7. The van der Waals surface area contributed by atoms with Crippen LogP contribution in [0.4, 0.5) is 0 Å². The second-order valence-electron chi connectivity index (χ2n) is 6.91. The summed E-state index contributed by atoms with van der Waals surface area (Å²) in [4.78, 5) is 17.9. The maximum absolute atomic E-state index is 11.3. The predicted molar refractivity (Wildman–Crippen MR) is 114 cm³/mol. The minimum absolute atomic E-state index is 0.125. The van der Waals surface area contributed by atoms with E-state index in [1.807, 2.05) is 36.4 Å². The van der Waals surface area contributed by atoms with E-state index in [9.17, 15) is 9.90 Å². The third-order valence-electron chi connectivity index (χ3n) is 4.97. The van der Waals surface area contributed by atoms with Crippen LogP contribution >= 0.6 is 12.2 Å². The number of aromatic nitrogens is 1. The van der Waals surface area contributed by atoms with Crippen LogP contribution in [0.5, 0.6) is 0 Å². The van der Waals surface area contributed by atoms with E-state index in [0.717, 1.165) is 30.0 Å². The number of hydrogen-bond donors (Lipinski definition) is 2. The lowest BCUT2D eigenvalue weighted by molar-refractivity contribution is 0.0697. The molecule has 0 saturated carbocycles. The second-order valence-corrected chi connectivity index (χ2v) is 7.29. The summed E-state index contributed by atoms with van der Waals surface area (Å²) in [7, 11) is 0. The lowest BCUT2D eigenvalue weighted by Crippen LogP contribution is -2.30. The Balaban J connectivity index is 1.72. The first kappa shape index (κ1) is 19.1. The third kappa shape index (κ3) is 3.73. The average Bonchev–Trinajstić information content (AvgIpc) is 3.34. The van der Waals surface area contributed by atoms with Crippen LogP contribution in [0.3, 0.4) is 0 Å². The summed E-state index contributed by atoms with van der Waals surface area (Å²) >= 11 is 5.59. The SMILES string of the molecule is CCCN1C(=S)N[C@H](c2ccccn2)[C@H]1c1ccc(-c2cccc(C(=O)O)c2)o1. The van der Waals surface area contributed by atoms with E-state index >= 15 is 0 Å². The first-order valence-corrected chi connectivity index (χ1v) is 9.91. The summed E-state index contributed by atoms with van der Waals surface area (Å²) in [6, 6.07) is 16.1. The molecule has 1 saturated heterocycles. The van der Waals surface area contributed by atoms with E-state index in [1.165, 1.54) is 0 Å². The van der Waals surface area contributed by atoms with E-state index in [-0.39, 0.29) is 17.6 Å². The van der Waals surface area contributed by atoms with Crippen molar-refractivity contribution in [3.63, 3.8) is 0 Å². The van der Waals surface area contributed by atoms with E-state index in [0.29, 0.717) is 10.9 Å². The molecule has 148 valence electrons. The van der Waals surface area contributed by atoms with E-state index < -0.39 is 5.97 Å². The number of carboxylic acids is 1. The Kier molecular flexibility index (Phi) is 5.31. The van der Waals surface area contributed by atoms with Crippen molar-refractivity contribution in [1.82, 2.24) is 15.2 Å². The van der Waals surface area contributed by atoms with Gasteiger partial charge in [-0.2, -0.15) is 0 Å². The van der Waals surface area contributed by atoms with Crippen LogP contribution in [0.15, 0.2) is 65.2 Å². The van der Waals surface area contributed by atoms with Gasteiger partial charge in [0.15, 0.2) is 5.11 Å². The van der Waals surface area contributed by atoms with Crippen molar-refractivity contribution in [2.24, 2.45) is 0 Å². The standard InChI is InChI=1S/C22H21N3O3S/c1-2-12-25-20(19(24-22(25)29)16-8-3-4-11-23-16)18-10-9-17(28-18)14-6-5-7-15(13-14)21(26)27/h3-11,13,19-20H,2,12H2,1H3,(H,24,29)(H,26,27)/t19-,20-/m1/s1. The van der Waals surface area contributed by atoms with Gasteiger partial charge in [0.05, 0.1) is 17.3 Å². The molecule has 1 fully saturated rings. The average molecular weight is 407 g/mol. The summed E-state index contributed by atoms with van der Waals surface area (Å²) in [6.45, 7) is 2.91. The summed E-state index contributed by atoms with van der Waals surface area (Å²) in [6.07, 6.45) is 2.71. The van der Waals surface area contributed by atoms with Gasteiger partial charge in [-0.1, -0.05) is 25.1 Å². The molecule has 4 rings (SSSR count). The molecule has 0 aliphatic carbocycles. The molecule has 0 spiro atoms. The molecule has 0 radical (unpaired) electrons. The minimum Gasteiger partial charge on any atom is -0.478 e. The lowest BCUT2D eigenvalue weighted by Gasteiger charge is -2.25. The van der Waals surface area contributed by atoms with Crippen LogP contribution in [0.1, 0.15) is 47.2 Å². The van der Waals surface area contributed by atoms with E-state index in [4.69, 9.17) is 16.6 Å².